The Bertz CT molecular complexity index is 755. The van der Waals surface area contributed by atoms with Crippen molar-refractivity contribution in [3.05, 3.63) is 59.9 Å². The molecule has 0 fully saturated rings. The van der Waals surface area contributed by atoms with Crippen LogP contribution >= 0.6 is 0 Å². The first-order valence-electron chi connectivity index (χ1n) is 7.63. The van der Waals surface area contributed by atoms with Crippen molar-refractivity contribution >= 4 is 10.0 Å². The minimum Gasteiger partial charge on any atom is -0.213 e. The van der Waals surface area contributed by atoms with Crippen molar-refractivity contribution in [1.29, 1.82) is 0 Å². The molecule has 1 unspecified atom stereocenters. The zero-order chi connectivity index (χ0) is 17.0. The molecule has 2 aromatic carbocycles. The summed E-state index contributed by atoms with van der Waals surface area (Å²) in [5, 5.41) is 0. The van der Waals surface area contributed by atoms with Crippen molar-refractivity contribution in [2.24, 2.45) is 0 Å². The summed E-state index contributed by atoms with van der Waals surface area (Å²) >= 11 is 0. The molecule has 0 amide bonds. The van der Waals surface area contributed by atoms with Crippen LogP contribution in [0, 0.1) is 5.82 Å². The van der Waals surface area contributed by atoms with Gasteiger partial charge in [-0.05, 0) is 37.0 Å². The Morgan fingerprint density at radius 1 is 1.00 bits per heavy atom. The predicted molar refractivity (Wildman–Crippen MR) is 92.3 cm³/mol. The molecule has 1 atom stereocenters. The number of benzene rings is 2. The zero-order valence-corrected chi connectivity index (χ0v) is 14.4. The summed E-state index contributed by atoms with van der Waals surface area (Å²) in [5.41, 5.74) is 2.24. The lowest BCUT2D eigenvalue weighted by atomic mass is 9.98. The second-order valence-corrected chi connectivity index (χ2v) is 7.86. The molecular weight excluding hydrogens is 313 g/mol. The van der Waals surface area contributed by atoms with E-state index in [0.717, 1.165) is 11.1 Å². The van der Waals surface area contributed by atoms with Gasteiger partial charge in [0.05, 0.1) is 5.75 Å². The van der Waals surface area contributed by atoms with Gasteiger partial charge in [0, 0.05) is 11.6 Å². The highest BCUT2D eigenvalue weighted by atomic mass is 32.2. The summed E-state index contributed by atoms with van der Waals surface area (Å²) in [4.78, 5) is 0. The lowest BCUT2D eigenvalue weighted by molar-refractivity contribution is 0.564. The Hall–Kier alpha value is -1.72. The Morgan fingerprint density at radius 3 is 2.17 bits per heavy atom. The summed E-state index contributed by atoms with van der Waals surface area (Å²) < 4.78 is 40.4. The van der Waals surface area contributed by atoms with Crippen molar-refractivity contribution in [1.82, 2.24) is 4.72 Å². The van der Waals surface area contributed by atoms with E-state index >= 15 is 0 Å². The first-order valence-corrected chi connectivity index (χ1v) is 9.28. The molecule has 0 aliphatic heterocycles. The third-order valence-corrected chi connectivity index (χ3v) is 5.32. The molecule has 2 aromatic rings. The van der Waals surface area contributed by atoms with E-state index < -0.39 is 10.0 Å². The van der Waals surface area contributed by atoms with Crippen LogP contribution in [0.2, 0.25) is 0 Å². The Labute approximate surface area is 137 Å². The quantitative estimate of drug-likeness (QED) is 0.869. The van der Waals surface area contributed by atoms with Crippen LogP contribution in [0.5, 0.6) is 0 Å². The van der Waals surface area contributed by atoms with Gasteiger partial charge in [-0.15, -0.1) is 0 Å². The van der Waals surface area contributed by atoms with E-state index in [1.807, 2.05) is 31.2 Å². The largest absolute Gasteiger partial charge is 0.213 e. The van der Waals surface area contributed by atoms with E-state index in [1.165, 1.54) is 6.07 Å². The molecule has 3 nitrogen and oxygen atoms in total. The monoisotopic (exact) mass is 335 g/mol. The molecule has 0 heterocycles. The van der Waals surface area contributed by atoms with Gasteiger partial charge < -0.3 is 0 Å². The highest BCUT2D eigenvalue weighted by Crippen LogP contribution is 2.25. The van der Waals surface area contributed by atoms with Gasteiger partial charge >= 0.3 is 0 Å². The zero-order valence-electron chi connectivity index (χ0n) is 13.6. The second-order valence-electron chi connectivity index (χ2n) is 6.06. The normalized spacial score (nSPS) is 13.3. The van der Waals surface area contributed by atoms with Crippen molar-refractivity contribution in [2.45, 2.75) is 32.7 Å². The van der Waals surface area contributed by atoms with E-state index in [9.17, 15) is 12.8 Å². The fraction of sp³-hybridized carbons (Fsp3) is 0.333. The lowest BCUT2D eigenvalue weighted by Gasteiger charge is -2.15. The summed E-state index contributed by atoms with van der Waals surface area (Å²) in [5.74, 6) is -0.373. The Balaban J connectivity index is 2.15. The van der Waals surface area contributed by atoms with Gasteiger partial charge in [0.1, 0.15) is 5.82 Å². The molecule has 0 radical (unpaired) electrons. The van der Waals surface area contributed by atoms with Gasteiger partial charge in [0.2, 0.25) is 10.0 Å². The van der Waals surface area contributed by atoms with Crippen LogP contribution in [0.15, 0.2) is 48.5 Å². The van der Waals surface area contributed by atoms with E-state index in [0.29, 0.717) is 5.56 Å². The van der Waals surface area contributed by atoms with Gasteiger partial charge in [-0.25, -0.2) is 17.5 Å². The number of sulfonamides is 1. The predicted octanol–water partition coefficient (Wildman–Crippen LogP) is 3.92. The third kappa shape index (κ3) is 4.88. The van der Waals surface area contributed by atoms with E-state index in [1.54, 1.807) is 32.0 Å². The molecule has 124 valence electrons. The maximum absolute atomic E-state index is 13.8. The van der Waals surface area contributed by atoms with Crippen LogP contribution in [0.3, 0.4) is 0 Å². The fourth-order valence-electron chi connectivity index (χ4n) is 2.52. The van der Waals surface area contributed by atoms with Gasteiger partial charge in [-0.3, -0.25) is 0 Å². The van der Waals surface area contributed by atoms with Crippen molar-refractivity contribution < 1.29 is 12.8 Å². The summed E-state index contributed by atoms with van der Waals surface area (Å²) in [6.07, 6.45) is 0. The highest BCUT2D eigenvalue weighted by molar-refractivity contribution is 7.89. The third-order valence-electron chi connectivity index (χ3n) is 3.55. The number of halogens is 1. The number of rotatable bonds is 6. The SMILES string of the molecule is CC(C)NS(=O)(=O)CC(C)c1ccc(-c2ccccc2F)cc1. The van der Waals surface area contributed by atoms with Crippen molar-refractivity contribution in [3.8, 4) is 11.1 Å². The molecule has 0 saturated carbocycles. The van der Waals surface area contributed by atoms with Gasteiger partial charge in [-0.1, -0.05) is 49.4 Å². The lowest BCUT2D eigenvalue weighted by Crippen LogP contribution is -2.33. The molecule has 0 saturated heterocycles. The van der Waals surface area contributed by atoms with E-state index in [4.69, 9.17) is 0 Å². The average molecular weight is 335 g/mol. The first-order chi connectivity index (χ1) is 10.8. The average Bonchev–Trinajstić information content (AvgIpc) is 2.46. The second kappa shape index (κ2) is 7.23. The molecular formula is C18H22FNO2S. The molecule has 0 bridgehead atoms. The van der Waals surface area contributed by atoms with E-state index in [-0.39, 0.29) is 23.5 Å². The molecule has 23 heavy (non-hydrogen) atoms. The Morgan fingerprint density at radius 2 is 1.61 bits per heavy atom. The molecule has 1 N–H and O–H groups in total. The maximum atomic E-state index is 13.8. The number of hydrogen-bond acceptors (Lipinski definition) is 2. The molecule has 0 aliphatic rings. The highest BCUT2D eigenvalue weighted by Gasteiger charge is 2.18. The van der Waals surface area contributed by atoms with Crippen LogP contribution in [0.25, 0.3) is 11.1 Å². The number of hydrogen-bond donors (Lipinski definition) is 1. The minimum absolute atomic E-state index is 0.0320. The topological polar surface area (TPSA) is 46.2 Å². The fourth-order valence-corrected chi connectivity index (χ4v) is 4.18. The summed E-state index contributed by atoms with van der Waals surface area (Å²) in [7, 11) is -3.31. The summed E-state index contributed by atoms with van der Waals surface area (Å²) in [6, 6.07) is 13.9. The standard InChI is InChI=1S/C18H22FNO2S/c1-13(2)20-23(21,22)12-14(3)15-8-10-16(11-9-15)17-6-4-5-7-18(17)19/h4-11,13-14,20H,12H2,1-3H3. The Kier molecular flexibility index (Phi) is 5.55. The van der Waals surface area contributed by atoms with Crippen molar-refractivity contribution in [3.63, 3.8) is 0 Å². The van der Waals surface area contributed by atoms with Gasteiger partial charge in [-0.2, -0.15) is 0 Å². The van der Waals surface area contributed by atoms with Crippen LogP contribution in [-0.2, 0) is 10.0 Å². The molecule has 0 aliphatic carbocycles. The smallest absolute Gasteiger partial charge is 0.212 e. The van der Waals surface area contributed by atoms with Crippen molar-refractivity contribution in [2.75, 3.05) is 5.75 Å². The van der Waals surface area contributed by atoms with Crippen LogP contribution in [0.1, 0.15) is 32.3 Å². The molecule has 2 rings (SSSR count). The minimum atomic E-state index is -3.31. The first kappa shape index (κ1) is 17.6. The molecule has 0 aromatic heterocycles. The maximum Gasteiger partial charge on any atom is 0.212 e. The van der Waals surface area contributed by atoms with Crippen LogP contribution in [-0.4, -0.2) is 20.2 Å². The summed E-state index contributed by atoms with van der Waals surface area (Å²) in [6.45, 7) is 5.47. The van der Waals surface area contributed by atoms with Crippen LogP contribution in [0.4, 0.5) is 4.39 Å². The number of nitrogens with one attached hydrogen (secondary N) is 1. The molecule has 0 spiro atoms. The van der Waals surface area contributed by atoms with Gasteiger partial charge in [0.15, 0.2) is 0 Å². The molecule has 5 heteroatoms. The van der Waals surface area contributed by atoms with Gasteiger partial charge in [0.25, 0.3) is 0 Å². The van der Waals surface area contributed by atoms with Crippen LogP contribution < -0.4 is 4.72 Å². The van der Waals surface area contributed by atoms with E-state index in [2.05, 4.69) is 4.72 Å².